The molecule has 2 aromatic heterocycles. The molecule has 22 heavy (non-hydrogen) atoms. The zero-order valence-electron chi connectivity index (χ0n) is 13.7. The molecular formula is C17H25N3OS. The average Bonchev–Trinajstić information content (AvgIpc) is 3.14. The quantitative estimate of drug-likeness (QED) is 0.844. The highest BCUT2D eigenvalue weighted by molar-refractivity contribution is 7.13. The fourth-order valence-corrected chi connectivity index (χ4v) is 3.97. The topological polar surface area (TPSA) is 30.3 Å². The molecule has 0 aromatic carbocycles. The summed E-state index contributed by atoms with van der Waals surface area (Å²) in [6.07, 6.45) is 4.43. The molecule has 120 valence electrons. The summed E-state index contributed by atoms with van der Waals surface area (Å²) in [5, 5.41) is 6.80. The largest absolute Gasteiger partial charge is 0.381 e. The Morgan fingerprint density at radius 1 is 1.41 bits per heavy atom. The van der Waals surface area contributed by atoms with Crippen molar-refractivity contribution in [3.05, 3.63) is 29.3 Å². The number of rotatable bonds is 5. The minimum Gasteiger partial charge on any atom is -0.381 e. The summed E-state index contributed by atoms with van der Waals surface area (Å²) in [4.78, 5) is 3.86. The second-order valence-electron chi connectivity index (χ2n) is 6.26. The second kappa shape index (κ2) is 6.94. The van der Waals surface area contributed by atoms with Gasteiger partial charge in [0.25, 0.3) is 0 Å². The van der Waals surface area contributed by atoms with Crippen molar-refractivity contribution in [1.29, 1.82) is 0 Å². The predicted molar refractivity (Wildman–Crippen MR) is 91.0 cm³/mol. The molecule has 1 fully saturated rings. The van der Waals surface area contributed by atoms with Gasteiger partial charge in [-0.1, -0.05) is 6.07 Å². The standard InChI is InChI=1S/C17H25N3OS/c1-13(2)20(15-6-8-21-9-7-15)12-14-11-19(3)18-17(14)16-5-4-10-22-16/h4-5,10-11,13,15H,6-9,12H2,1-3H3. The molecule has 2 aromatic rings. The molecule has 0 bridgehead atoms. The molecule has 4 nitrogen and oxygen atoms in total. The van der Waals surface area contributed by atoms with Crippen molar-refractivity contribution in [2.24, 2.45) is 7.05 Å². The molecule has 3 heterocycles. The van der Waals surface area contributed by atoms with Crippen molar-refractivity contribution in [3.63, 3.8) is 0 Å². The lowest BCUT2D eigenvalue weighted by atomic mass is 10.0. The van der Waals surface area contributed by atoms with Crippen LogP contribution in [0.4, 0.5) is 0 Å². The number of hydrogen-bond donors (Lipinski definition) is 0. The summed E-state index contributed by atoms with van der Waals surface area (Å²) in [6, 6.07) is 5.39. The van der Waals surface area contributed by atoms with E-state index in [1.165, 1.54) is 10.4 Å². The highest BCUT2D eigenvalue weighted by atomic mass is 32.1. The monoisotopic (exact) mass is 319 g/mol. The fourth-order valence-electron chi connectivity index (χ4n) is 3.22. The van der Waals surface area contributed by atoms with Gasteiger partial charge in [-0.2, -0.15) is 5.10 Å². The van der Waals surface area contributed by atoms with E-state index in [9.17, 15) is 0 Å². The number of nitrogens with zero attached hydrogens (tertiary/aromatic N) is 3. The molecule has 0 N–H and O–H groups in total. The Kier molecular flexibility index (Phi) is 4.96. The van der Waals surface area contributed by atoms with E-state index in [-0.39, 0.29) is 0 Å². The minimum atomic E-state index is 0.527. The van der Waals surface area contributed by atoms with Crippen LogP contribution in [-0.2, 0) is 18.3 Å². The van der Waals surface area contributed by atoms with Gasteiger partial charge in [0.15, 0.2) is 0 Å². The third-order valence-electron chi connectivity index (χ3n) is 4.34. The van der Waals surface area contributed by atoms with Gasteiger partial charge in [-0.05, 0) is 38.1 Å². The summed E-state index contributed by atoms with van der Waals surface area (Å²) in [7, 11) is 2.01. The van der Waals surface area contributed by atoms with Crippen LogP contribution in [0.1, 0.15) is 32.3 Å². The van der Waals surface area contributed by atoms with Crippen LogP contribution < -0.4 is 0 Å². The van der Waals surface area contributed by atoms with Crippen molar-refractivity contribution < 1.29 is 4.74 Å². The van der Waals surface area contributed by atoms with E-state index < -0.39 is 0 Å². The molecule has 0 unspecified atom stereocenters. The Balaban J connectivity index is 1.83. The van der Waals surface area contributed by atoms with Crippen molar-refractivity contribution >= 4 is 11.3 Å². The van der Waals surface area contributed by atoms with Gasteiger partial charge in [0.2, 0.25) is 0 Å². The molecule has 1 saturated heterocycles. The smallest absolute Gasteiger partial charge is 0.107 e. The molecule has 0 atom stereocenters. The number of hydrogen-bond acceptors (Lipinski definition) is 4. The number of aromatic nitrogens is 2. The zero-order valence-corrected chi connectivity index (χ0v) is 14.5. The Morgan fingerprint density at radius 2 is 2.18 bits per heavy atom. The summed E-state index contributed by atoms with van der Waals surface area (Å²) in [5.41, 5.74) is 2.46. The maximum absolute atomic E-state index is 5.53. The Hall–Kier alpha value is -1.17. The molecule has 0 amide bonds. The van der Waals surface area contributed by atoms with Crippen LogP contribution in [0.3, 0.4) is 0 Å². The van der Waals surface area contributed by atoms with Crippen molar-refractivity contribution in [2.75, 3.05) is 13.2 Å². The summed E-state index contributed by atoms with van der Waals surface area (Å²) < 4.78 is 7.46. The summed E-state index contributed by atoms with van der Waals surface area (Å²) in [6.45, 7) is 7.31. The van der Waals surface area contributed by atoms with E-state index in [2.05, 4.69) is 47.6 Å². The van der Waals surface area contributed by atoms with Crippen molar-refractivity contribution in [2.45, 2.75) is 45.3 Å². The summed E-state index contributed by atoms with van der Waals surface area (Å²) >= 11 is 1.76. The zero-order chi connectivity index (χ0) is 15.5. The van der Waals surface area contributed by atoms with Crippen LogP contribution in [0.2, 0.25) is 0 Å². The highest BCUT2D eigenvalue weighted by Gasteiger charge is 2.25. The molecule has 3 rings (SSSR count). The van der Waals surface area contributed by atoms with Gasteiger partial charge < -0.3 is 4.74 Å². The molecule has 0 aliphatic carbocycles. The number of ether oxygens (including phenoxy) is 1. The van der Waals surface area contributed by atoms with Crippen molar-refractivity contribution in [3.8, 4) is 10.6 Å². The van der Waals surface area contributed by atoms with Crippen molar-refractivity contribution in [1.82, 2.24) is 14.7 Å². The number of aryl methyl sites for hydroxylation is 1. The van der Waals surface area contributed by atoms with E-state index in [0.29, 0.717) is 12.1 Å². The van der Waals surface area contributed by atoms with Gasteiger partial charge in [-0.25, -0.2) is 0 Å². The van der Waals surface area contributed by atoms with E-state index in [1.807, 2.05) is 11.7 Å². The SMILES string of the molecule is CC(C)N(Cc1cn(C)nc1-c1cccs1)C1CCOCC1. The first-order valence-corrected chi connectivity index (χ1v) is 8.93. The lowest BCUT2D eigenvalue weighted by Gasteiger charge is -2.37. The van der Waals surface area contributed by atoms with Crippen LogP contribution in [0.5, 0.6) is 0 Å². The fraction of sp³-hybridized carbons (Fsp3) is 0.588. The van der Waals surface area contributed by atoms with Gasteiger partial charge in [-0.3, -0.25) is 9.58 Å². The molecule has 0 radical (unpaired) electrons. The molecule has 1 aliphatic rings. The molecule has 5 heteroatoms. The van der Waals surface area contributed by atoms with Crippen LogP contribution in [0.15, 0.2) is 23.7 Å². The molecule has 1 aliphatic heterocycles. The lowest BCUT2D eigenvalue weighted by molar-refractivity contribution is 0.0189. The lowest BCUT2D eigenvalue weighted by Crippen LogP contribution is -2.43. The van der Waals surface area contributed by atoms with Crippen LogP contribution in [0, 0.1) is 0 Å². The number of thiophene rings is 1. The van der Waals surface area contributed by atoms with Crippen LogP contribution in [0.25, 0.3) is 10.6 Å². The van der Waals surface area contributed by atoms with Gasteiger partial charge in [-0.15, -0.1) is 11.3 Å². The summed E-state index contributed by atoms with van der Waals surface area (Å²) in [5.74, 6) is 0. The first-order chi connectivity index (χ1) is 10.6. The van der Waals surface area contributed by atoms with Gasteiger partial charge >= 0.3 is 0 Å². The Bertz CT molecular complexity index is 585. The van der Waals surface area contributed by atoms with Crippen LogP contribution >= 0.6 is 11.3 Å². The van der Waals surface area contributed by atoms with E-state index in [0.717, 1.165) is 38.3 Å². The van der Waals surface area contributed by atoms with E-state index >= 15 is 0 Å². The molecule has 0 spiro atoms. The highest BCUT2D eigenvalue weighted by Crippen LogP contribution is 2.29. The van der Waals surface area contributed by atoms with Crippen LogP contribution in [-0.4, -0.2) is 40.0 Å². The first kappa shape index (κ1) is 15.7. The van der Waals surface area contributed by atoms with E-state index in [4.69, 9.17) is 4.74 Å². The molecule has 0 saturated carbocycles. The third-order valence-corrected chi connectivity index (χ3v) is 5.21. The normalized spacial score (nSPS) is 16.8. The maximum Gasteiger partial charge on any atom is 0.107 e. The predicted octanol–water partition coefficient (Wildman–Crippen LogP) is 3.54. The molecular weight excluding hydrogens is 294 g/mol. The maximum atomic E-state index is 5.53. The first-order valence-electron chi connectivity index (χ1n) is 8.05. The van der Waals surface area contributed by atoms with E-state index in [1.54, 1.807) is 11.3 Å². The van der Waals surface area contributed by atoms with Gasteiger partial charge in [0.05, 0.1) is 4.88 Å². The Morgan fingerprint density at radius 3 is 2.82 bits per heavy atom. The minimum absolute atomic E-state index is 0.527. The second-order valence-corrected chi connectivity index (χ2v) is 7.21. The van der Waals surface area contributed by atoms with Gasteiger partial charge in [0.1, 0.15) is 5.69 Å². The van der Waals surface area contributed by atoms with Gasteiger partial charge in [0, 0.05) is 50.7 Å². The average molecular weight is 319 g/mol. The Labute approximate surface area is 136 Å². The third kappa shape index (κ3) is 3.42.